The Morgan fingerprint density at radius 3 is 2.96 bits per heavy atom. The Labute approximate surface area is 157 Å². The van der Waals surface area contributed by atoms with Gasteiger partial charge in [0.05, 0.1) is 17.8 Å². The van der Waals surface area contributed by atoms with Gasteiger partial charge in [0.15, 0.2) is 5.96 Å². The minimum atomic E-state index is 0. The standard InChI is InChI=1S/C15H22N4O2S.HI/c1-12-18-9-14(22-12)10-19-15(16-2)17-6-4-7-20-11-13-5-3-8-21-13;/h3,5,8-9H,4,6-7,10-11H2,1-2H3,(H2,16,17,19);1H. The Kier molecular flexibility index (Phi) is 9.88. The lowest BCUT2D eigenvalue weighted by molar-refractivity contribution is 0.105. The average Bonchev–Trinajstić information content (AvgIpc) is 3.17. The van der Waals surface area contributed by atoms with Crippen LogP contribution in [0.4, 0.5) is 0 Å². The maximum Gasteiger partial charge on any atom is 0.191 e. The number of guanidine groups is 1. The van der Waals surface area contributed by atoms with Gasteiger partial charge in [-0.05, 0) is 25.5 Å². The Morgan fingerprint density at radius 2 is 2.30 bits per heavy atom. The summed E-state index contributed by atoms with van der Waals surface area (Å²) in [5.41, 5.74) is 0. The summed E-state index contributed by atoms with van der Waals surface area (Å²) < 4.78 is 10.7. The number of aromatic nitrogens is 1. The molecule has 0 aliphatic heterocycles. The first-order valence-corrected chi connectivity index (χ1v) is 8.05. The third-order valence-corrected chi connectivity index (χ3v) is 3.82. The van der Waals surface area contributed by atoms with Gasteiger partial charge >= 0.3 is 0 Å². The maximum absolute atomic E-state index is 5.52. The van der Waals surface area contributed by atoms with Crippen molar-refractivity contribution >= 4 is 41.3 Å². The van der Waals surface area contributed by atoms with E-state index in [0.29, 0.717) is 13.2 Å². The number of aliphatic imine (C=N–C) groups is 1. The van der Waals surface area contributed by atoms with E-state index in [2.05, 4.69) is 20.6 Å². The second kappa shape index (κ2) is 11.4. The van der Waals surface area contributed by atoms with E-state index < -0.39 is 0 Å². The van der Waals surface area contributed by atoms with Crippen LogP contribution in [0.1, 0.15) is 22.1 Å². The van der Waals surface area contributed by atoms with Crippen molar-refractivity contribution in [2.75, 3.05) is 20.2 Å². The zero-order valence-electron chi connectivity index (χ0n) is 13.4. The highest BCUT2D eigenvalue weighted by Gasteiger charge is 2.01. The van der Waals surface area contributed by atoms with Crippen molar-refractivity contribution in [3.63, 3.8) is 0 Å². The largest absolute Gasteiger partial charge is 0.467 e. The number of nitrogens with one attached hydrogen (secondary N) is 2. The summed E-state index contributed by atoms with van der Waals surface area (Å²) in [6, 6.07) is 3.77. The molecular formula is C15H23IN4O2S. The van der Waals surface area contributed by atoms with Crippen LogP contribution in [0.15, 0.2) is 34.0 Å². The van der Waals surface area contributed by atoms with E-state index in [1.165, 1.54) is 4.88 Å². The second-order valence-corrected chi connectivity index (χ2v) is 6.00. The highest BCUT2D eigenvalue weighted by molar-refractivity contribution is 14.0. The van der Waals surface area contributed by atoms with E-state index >= 15 is 0 Å². The van der Waals surface area contributed by atoms with Gasteiger partial charge in [-0.3, -0.25) is 4.99 Å². The lowest BCUT2D eigenvalue weighted by Gasteiger charge is -2.11. The van der Waals surface area contributed by atoms with Crippen molar-refractivity contribution in [3.8, 4) is 0 Å². The molecule has 2 aromatic rings. The number of hydrogen-bond donors (Lipinski definition) is 2. The maximum atomic E-state index is 5.52. The van der Waals surface area contributed by atoms with Crippen LogP contribution in [0.25, 0.3) is 0 Å². The molecule has 0 radical (unpaired) electrons. The quantitative estimate of drug-likeness (QED) is 0.280. The van der Waals surface area contributed by atoms with E-state index in [0.717, 1.165) is 36.2 Å². The van der Waals surface area contributed by atoms with Gasteiger partial charge in [-0.15, -0.1) is 35.3 Å². The van der Waals surface area contributed by atoms with E-state index in [9.17, 15) is 0 Å². The average molecular weight is 450 g/mol. The van der Waals surface area contributed by atoms with E-state index in [1.54, 1.807) is 24.6 Å². The third-order valence-electron chi connectivity index (χ3n) is 2.91. The van der Waals surface area contributed by atoms with Crippen LogP contribution in [0.3, 0.4) is 0 Å². The zero-order chi connectivity index (χ0) is 15.6. The topological polar surface area (TPSA) is 71.7 Å². The fourth-order valence-electron chi connectivity index (χ4n) is 1.83. The molecule has 0 aliphatic rings. The summed E-state index contributed by atoms with van der Waals surface area (Å²) in [7, 11) is 1.76. The fourth-order valence-corrected chi connectivity index (χ4v) is 2.56. The smallest absolute Gasteiger partial charge is 0.191 e. The van der Waals surface area contributed by atoms with Crippen LogP contribution in [-0.4, -0.2) is 31.1 Å². The molecule has 0 aliphatic carbocycles. The lowest BCUT2D eigenvalue weighted by Crippen LogP contribution is -2.37. The highest BCUT2D eigenvalue weighted by Crippen LogP contribution is 2.10. The van der Waals surface area contributed by atoms with Crippen LogP contribution in [0.2, 0.25) is 0 Å². The van der Waals surface area contributed by atoms with Crippen LogP contribution in [-0.2, 0) is 17.9 Å². The summed E-state index contributed by atoms with van der Waals surface area (Å²) in [4.78, 5) is 9.62. The molecule has 0 spiro atoms. The molecule has 2 heterocycles. The number of halogens is 1. The normalized spacial score (nSPS) is 11.1. The number of nitrogens with zero attached hydrogens (tertiary/aromatic N) is 2. The molecule has 2 N–H and O–H groups in total. The number of aryl methyl sites for hydroxylation is 1. The van der Waals surface area contributed by atoms with Crippen molar-refractivity contribution < 1.29 is 9.15 Å². The van der Waals surface area contributed by atoms with Crippen LogP contribution in [0, 0.1) is 6.92 Å². The van der Waals surface area contributed by atoms with Crippen molar-refractivity contribution in [1.82, 2.24) is 15.6 Å². The summed E-state index contributed by atoms with van der Waals surface area (Å²) in [5, 5.41) is 7.60. The summed E-state index contributed by atoms with van der Waals surface area (Å²) >= 11 is 1.69. The first-order valence-electron chi connectivity index (χ1n) is 7.24. The predicted octanol–water partition coefficient (Wildman–Crippen LogP) is 2.93. The number of hydrogen-bond acceptors (Lipinski definition) is 5. The molecule has 0 saturated heterocycles. The number of furan rings is 1. The Balaban J connectivity index is 0.00000264. The predicted molar refractivity (Wildman–Crippen MR) is 103 cm³/mol. The molecule has 8 heteroatoms. The first kappa shape index (κ1) is 19.9. The van der Waals surface area contributed by atoms with Crippen LogP contribution < -0.4 is 10.6 Å². The van der Waals surface area contributed by atoms with Gasteiger partial charge < -0.3 is 19.8 Å². The summed E-state index contributed by atoms with van der Waals surface area (Å²) in [6.07, 6.45) is 4.45. The van der Waals surface area contributed by atoms with Gasteiger partial charge in [-0.1, -0.05) is 0 Å². The number of thiazole rings is 1. The lowest BCUT2D eigenvalue weighted by atomic mass is 10.4. The molecular weight excluding hydrogens is 427 g/mol. The Hall–Kier alpha value is -1.13. The minimum Gasteiger partial charge on any atom is -0.467 e. The SMILES string of the molecule is CN=C(NCCCOCc1ccco1)NCc1cnc(C)s1.I. The zero-order valence-corrected chi connectivity index (χ0v) is 16.5. The third kappa shape index (κ3) is 7.80. The van der Waals surface area contributed by atoms with E-state index in [-0.39, 0.29) is 24.0 Å². The summed E-state index contributed by atoms with van der Waals surface area (Å²) in [5.74, 6) is 1.64. The molecule has 0 fully saturated rings. The fraction of sp³-hybridized carbons (Fsp3) is 0.467. The van der Waals surface area contributed by atoms with Crippen molar-refractivity contribution in [1.29, 1.82) is 0 Å². The van der Waals surface area contributed by atoms with Gasteiger partial charge in [0.2, 0.25) is 0 Å². The molecule has 2 aromatic heterocycles. The molecule has 2 rings (SSSR count). The molecule has 128 valence electrons. The Bertz CT molecular complexity index is 572. The van der Waals surface area contributed by atoms with Gasteiger partial charge in [-0.2, -0.15) is 0 Å². The van der Waals surface area contributed by atoms with Crippen molar-refractivity contribution in [2.24, 2.45) is 4.99 Å². The molecule has 0 unspecified atom stereocenters. The van der Waals surface area contributed by atoms with Gasteiger partial charge in [0, 0.05) is 31.3 Å². The molecule has 0 amide bonds. The number of ether oxygens (including phenoxy) is 1. The second-order valence-electron chi connectivity index (χ2n) is 4.68. The van der Waals surface area contributed by atoms with Gasteiger partial charge in [-0.25, -0.2) is 4.98 Å². The molecule has 23 heavy (non-hydrogen) atoms. The Morgan fingerprint density at radius 1 is 1.43 bits per heavy atom. The highest BCUT2D eigenvalue weighted by atomic mass is 127. The molecule has 0 saturated carbocycles. The minimum absolute atomic E-state index is 0. The first-order chi connectivity index (χ1) is 10.8. The van der Waals surface area contributed by atoms with E-state index in [1.807, 2.05) is 25.3 Å². The summed E-state index contributed by atoms with van der Waals surface area (Å²) in [6.45, 7) is 4.74. The monoisotopic (exact) mass is 450 g/mol. The van der Waals surface area contributed by atoms with Crippen molar-refractivity contribution in [3.05, 3.63) is 40.2 Å². The van der Waals surface area contributed by atoms with Gasteiger partial charge in [0.25, 0.3) is 0 Å². The van der Waals surface area contributed by atoms with Crippen LogP contribution >= 0.6 is 35.3 Å². The van der Waals surface area contributed by atoms with Crippen molar-refractivity contribution in [2.45, 2.75) is 26.5 Å². The van der Waals surface area contributed by atoms with Crippen LogP contribution in [0.5, 0.6) is 0 Å². The molecule has 0 atom stereocenters. The van der Waals surface area contributed by atoms with Gasteiger partial charge in [0.1, 0.15) is 12.4 Å². The number of rotatable bonds is 8. The molecule has 6 nitrogen and oxygen atoms in total. The molecule has 0 aromatic carbocycles. The van der Waals surface area contributed by atoms with E-state index in [4.69, 9.17) is 9.15 Å². The molecule has 0 bridgehead atoms.